The van der Waals surface area contributed by atoms with Crippen LogP contribution < -0.4 is 10.0 Å². The molecule has 0 aliphatic heterocycles. The summed E-state index contributed by atoms with van der Waals surface area (Å²) >= 11 is 0. The molecule has 0 spiro atoms. The second-order valence-electron chi connectivity index (χ2n) is 4.05. The highest BCUT2D eigenvalue weighted by molar-refractivity contribution is 7.89. The van der Waals surface area contributed by atoms with Gasteiger partial charge in [0.25, 0.3) is 0 Å². The molecule has 0 aliphatic carbocycles. The molecule has 0 amide bonds. The fourth-order valence-electron chi connectivity index (χ4n) is 1.45. The molecule has 0 atom stereocenters. The van der Waals surface area contributed by atoms with Crippen LogP contribution in [0, 0.1) is 11.8 Å². The number of anilines is 1. The predicted molar refractivity (Wildman–Crippen MR) is 73.8 cm³/mol. The van der Waals surface area contributed by atoms with Crippen LogP contribution in [-0.2, 0) is 10.0 Å². The fraction of sp³-hybridized carbons (Fsp3) is 0.385. The molecule has 2 N–H and O–H groups in total. The molecule has 0 saturated carbocycles. The number of sulfonamides is 1. The van der Waals surface area contributed by atoms with E-state index in [1.165, 1.54) is 0 Å². The number of nitrogens with one attached hydrogen (secondary N) is 2. The van der Waals surface area contributed by atoms with Crippen molar-refractivity contribution in [3.8, 4) is 11.8 Å². The van der Waals surface area contributed by atoms with Crippen LogP contribution in [0.2, 0.25) is 0 Å². The van der Waals surface area contributed by atoms with Gasteiger partial charge in [0.15, 0.2) is 0 Å². The van der Waals surface area contributed by atoms with Crippen LogP contribution in [0.25, 0.3) is 0 Å². The molecule has 0 heterocycles. The Morgan fingerprint density at radius 2 is 1.94 bits per heavy atom. The standard InChI is InChI=1S/C13H18N2O2S/c1-4-5-10-14-12-8-6-7-9-13(12)18(16,17)15-11(2)3/h6-9,11,14-15H,10H2,1-3H3. The Morgan fingerprint density at radius 3 is 2.56 bits per heavy atom. The minimum Gasteiger partial charge on any atom is -0.373 e. The summed E-state index contributed by atoms with van der Waals surface area (Å²) in [5.41, 5.74) is 0.563. The minimum absolute atomic E-state index is 0.140. The van der Waals surface area contributed by atoms with E-state index in [0.717, 1.165) is 0 Å². The summed E-state index contributed by atoms with van der Waals surface area (Å²) in [6, 6.07) is 6.65. The van der Waals surface area contributed by atoms with E-state index in [1.807, 2.05) is 0 Å². The molecule has 1 rings (SSSR count). The number of benzene rings is 1. The largest absolute Gasteiger partial charge is 0.373 e. The highest BCUT2D eigenvalue weighted by Gasteiger charge is 2.18. The lowest BCUT2D eigenvalue weighted by Crippen LogP contribution is -2.30. The molecule has 98 valence electrons. The molecule has 18 heavy (non-hydrogen) atoms. The van der Waals surface area contributed by atoms with Crippen molar-refractivity contribution in [3.63, 3.8) is 0 Å². The zero-order valence-electron chi connectivity index (χ0n) is 10.8. The zero-order chi connectivity index (χ0) is 13.6. The molecule has 0 saturated heterocycles. The maximum atomic E-state index is 12.1. The lowest BCUT2D eigenvalue weighted by Gasteiger charge is -2.13. The first-order valence-corrected chi connectivity index (χ1v) is 7.20. The van der Waals surface area contributed by atoms with Gasteiger partial charge >= 0.3 is 0 Å². The summed E-state index contributed by atoms with van der Waals surface area (Å²) in [6.07, 6.45) is 0. The maximum absolute atomic E-state index is 12.1. The van der Waals surface area contributed by atoms with Crippen LogP contribution in [0.4, 0.5) is 5.69 Å². The van der Waals surface area contributed by atoms with Crippen LogP contribution in [0.3, 0.4) is 0 Å². The van der Waals surface area contributed by atoms with E-state index in [-0.39, 0.29) is 10.9 Å². The summed E-state index contributed by atoms with van der Waals surface area (Å²) in [5.74, 6) is 5.59. The average Bonchev–Trinajstić information content (AvgIpc) is 2.28. The summed E-state index contributed by atoms with van der Waals surface area (Å²) < 4.78 is 26.8. The van der Waals surface area contributed by atoms with Crippen molar-refractivity contribution >= 4 is 15.7 Å². The van der Waals surface area contributed by atoms with Crippen molar-refractivity contribution in [3.05, 3.63) is 24.3 Å². The molecule has 5 heteroatoms. The highest BCUT2D eigenvalue weighted by atomic mass is 32.2. The van der Waals surface area contributed by atoms with E-state index >= 15 is 0 Å². The molecule has 0 radical (unpaired) electrons. The quantitative estimate of drug-likeness (QED) is 0.799. The SMILES string of the molecule is CC#CCNc1ccccc1S(=O)(=O)NC(C)C. The topological polar surface area (TPSA) is 58.2 Å². The average molecular weight is 266 g/mol. The van der Waals surface area contributed by atoms with Gasteiger partial charge in [0.1, 0.15) is 4.90 Å². The van der Waals surface area contributed by atoms with Crippen LogP contribution in [0.1, 0.15) is 20.8 Å². The lowest BCUT2D eigenvalue weighted by atomic mass is 10.3. The molecule has 0 fully saturated rings. The van der Waals surface area contributed by atoms with Crippen molar-refractivity contribution in [1.29, 1.82) is 0 Å². The van der Waals surface area contributed by atoms with Gasteiger partial charge in [-0.2, -0.15) is 0 Å². The third-order valence-corrected chi connectivity index (χ3v) is 3.83. The van der Waals surface area contributed by atoms with E-state index in [9.17, 15) is 8.42 Å². The second-order valence-corrected chi connectivity index (χ2v) is 5.73. The molecule has 0 unspecified atom stereocenters. The fourth-order valence-corrected chi connectivity index (χ4v) is 2.88. The van der Waals surface area contributed by atoms with Crippen molar-refractivity contribution in [2.45, 2.75) is 31.7 Å². The molecular formula is C13H18N2O2S. The Bertz CT molecular complexity index is 554. The number of rotatable bonds is 5. The second kappa shape index (κ2) is 6.43. The molecule has 0 bridgehead atoms. The van der Waals surface area contributed by atoms with Gasteiger partial charge in [-0.3, -0.25) is 0 Å². The number of para-hydroxylation sites is 1. The van der Waals surface area contributed by atoms with E-state index in [2.05, 4.69) is 21.9 Å². The summed E-state index contributed by atoms with van der Waals surface area (Å²) in [7, 11) is -3.49. The third kappa shape index (κ3) is 4.06. The third-order valence-electron chi connectivity index (χ3n) is 2.11. The Balaban J connectivity index is 3.03. The zero-order valence-corrected chi connectivity index (χ0v) is 11.6. The van der Waals surface area contributed by atoms with E-state index in [1.54, 1.807) is 45.0 Å². The van der Waals surface area contributed by atoms with Crippen molar-refractivity contribution in [1.82, 2.24) is 4.72 Å². The van der Waals surface area contributed by atoms with E-state index in [4.69, 9.17) is 0 Å². The van der Waals surface area contributed by atoms with Gasteiger partial charge in [-0.05, 0) is 32.9 Å². The van der Waals surface area contributed by atoms with Crippen LogP contribution >= 0.6 is 0 Å². The van der Waals surface area contributed by atoms with Crippen LogP contribution in [-0.4, -0.2) is 21.0 Å². The van der Waals surface area contributed by atoms with Crippen molar-refractivity contribution in [2.75, 3.05) is 11.9 Å². The normalized spacial score (nSPS) is 10.9. The summed E-state index contributed by atoms with van der Waals surface area (Å²) in [6.45, 7) is 5.74. The minimum atomic E-state index is -3.49. The first-order valence-electron chi connectivity index (χ1n) is 5.72. The maximum Gasteiger partial charge on any atom is 0.242 e. The van der Waals surface area contributed by atoms with Crippen molar-refractivity contribution < 1.29 is 8.42 Å². The van der Waals surface area contributed by atoms with E-state index < -0.39 is 10.0 Å². The molecule has 1 aromatic rings. The van der Waals surface area contributed by atoms with Gasteiger partial charge in [0.2, 0.25) is 10.0 Å². The Kier molecular flexibility index (Phi) is 5.20. The van der Waals surface area contributed by atoms with Gasteiger partial charge in [0, 0.05) is 6.04 Å². The first kappa shape index (κ1) is 14.6. The molecule has 4 nitrogen and oxygen atoms in total. The van der Waals surface area contributed by atoms with Gasteiger partial charge in [-0.25, -0.2) is 13.1 Å². The van der Waals surface area contributed by atoms with Gasteiger partial charge in [-0.15, -0.1) is 5.92 Å². The Hall–Kier alpha value is -1.51. The Morgan fingerprint density at radius 1 is 1.28 bits per heavy atom. The van der Waals surface area contributed by atoms with E-state index in [0.29, 0.717) is 12.2 Å². The smallest absolute Gasteiger partial charge is 0.242 e. The Labute approximate surface area is 109 Å². The van der Waals surface area contributed by atoms with Crippen molar-refractivity contribution in [2.24, 2.45) is 0 Å². The lowest BCUT2D eigenvalue weighted by molar-refractivity contribution is 0.570. The number of hydrogen-bond donors (Lipinski definition) is 2. The summed E-state index contributed by atoms with van der Waals surface area (Å²) in [5, 5.41) is 3.00. The molecular weight excluding hydrogens is 248 g/mol. The van der Waals surface area contributed by atoms with Gasteiger partial charge in [0.05, 0.1) is 12.2 Å². The molecule has 0 aromatic heterocycles. The molecule has 0 aliphatic rings. The monoisotopic (exact) mass is 266 g/mol. The predicted octanol–water partition coefficient (Wildman–Crippen LogP) is 1.81. The first-order chi connectivity index (χ1) is 8.47. The van der Waals surface area contributed by atoms with Crippen LogP contribution in [0.5, 0.6) is 0 Å². The van der Waals surface area contributed by atoms with Crippen LogP contribution in [0.15, 0.2) is 29.2 Å². The molecule has 1 aromatic carbocycles. The van der Waals surface area contributed by atoms with Gasteiger partial charge < -0.3 is 5.32 Å². The van der Waals surface area contributed by atoms with Gasteiger partial charge in [-0.1, -0.05) is 18.1 Å². The number of hydrogen-bond acceptors (Lipinski definition) is 3. The highest BCUT2D eigenvalue weighted by Crippen LogP contribution is 2.20. The summed E-state index contributed by atoms with van der Waals surface area (Å²) in [4.78, 5) is 0.247.